The molecule has 5 rings (SSSR count). The number of hydrogen-bond acceptors (Lipinski definition) is 6. The first kappa shape index (κ1) is 23.1. The lowest BCUT2D eigenvalue weighted by molar-refractivity contribution is 0.171. The topological polar surface area (TPSA) is 102 Å². The van der Waals surface area contributed by atoms with E-state index in [4.69, 9.17) is 9.47 Å². The number of pyridine rings is 2. The minimum absolute atomic E-state index is 0.0527. The van der Waals surface area contributed by atoms with Crippen LogP contribution in [-0.4, -0.2) is 35.9 Å². The van der Waals surface area contributed by atoms with Crippen molar-refractivity contribution in [1.82, 2.24) is 14.3 Å². The molecule has 1 aliphatic rings. The van der Waals surface area contributed by atoms with Gasteiger partial charge in [-0.1, -0.05) is 19.1 Å². The monoisotopic (exact) mass is 491 g/mol. The standard InChI is InChI=1S/C26H25N3O5S/c1-2-18-5-7-23-20(12-18)13-21(26(30)28-23)17-29(16-19-4-3-9-27-15-19)35(31,32)22-6-8-24-25(14-22)34-11-10-33-24/h3-9,12-15H,2,10-11,16-17H2,1H3,(H,28,30). The second-order valence-corrected chi connectivity index (χ2v) is 10.3. The van der Waals surface area contributed by atoms with Crippen molar-refractivity contribution in [2.45, 2.75) is 31.3 Å². The Morgan fingerprint density at radius 2 is 1.80 bits per heavy atom. The number of sulfonamides is 1. The van der Waals surface area contributed by atoms with E-state index in [1.807, 2.05) is 18.2 Å². The number of nitrogens with zero attached hydrogens (tertiary/aromatic N) is 2. The number of H-pyrrole nitrogens is 1. The van der Waals surface area contributed by atoms with Gasteiger partial charge in [0.2, 0.25) is 10.0 Å². The van der Waals surface area contributed by atoms with Gasteiger partial charge < -0.3 is 14.5 Å². The first-order chi connectivity index (χ1) is 16.9. The third-order valence-electron chi connectivity index (χ3n) is 5.97. The molecule has 1 N–H and O–H groups in total. The highest BCUT2D eigenvalue weighted by atomic mass is 32.2. The predicted octanol–water partition coefficient (Wildman–Crippen LogP) is 3.65. The normalized spacial score (nSPS) is 13.3. The van der Waals surface area contributed by atoms with Crippen LogP contribution in [0.3, 0.4) is 0 Å². The number of rotatable bonds is 7. The zero-order chi connectivity index (χ0) is 24.4. The van der Waals surface area contributed by atoms with Gasteiger partial charge in [0.25, 0.3) is 5.56 Å². The molecule has 1 aliphatic heterocycles. The number of nitrogens with one attached hydrogen (secondary N) is 1. The molecule has 8 nitrogen and oxygen atoms in total. The van der Waals surface area contributed by atoms with Gasteiger partial charge in [-0.15, -0.1) is 0 Å². The van der Waals surface area contributed by atoms with Crippen LogP contribution in [0.4, 0.5) is 0 Å². The molecule has 2 aromatic carbocycles. The summed E-state index contributed by atoms with van der Waals surface area (Å²) in [5.74, 6) is 0.890. The smallest absolute Gasteiger partial charge is 0.252 e. The van der Waals surface area contributed by atoms with E-state index in [1.54, 1.807) is 36.7 Å². The van der Waals surface area contributed by atoms with E-state index in [-0.39, 0.29) is 23.5 Å². The Morgan fingerprint density at radius 1 is 0.971 bits per heavy atom. The lowest BCUT2D eigenvalue weighted by Gasteiger charge is -2.24. The molecule has 3 heterocycles. The van der Waals surface area contributed by atoms with Crippen molar-refractivity contribution in [3.63, 3.8) is 0 Å². The lowest BCUT2D eigenvalue weighted by atomic mass is 10.1. The van der Waals surface area contributed by atoms with Gasteiger partial charge in [-0.05, 0) is 59.3 Å². The summed E-state index contributed by atoms with van der Waals surface area (Å²) in [6.07, 6.45) is 4.10. The molecule has 0 bridgehead atoms. The van der Waals surface area contributed by atoms with Crippen molar-refractivity contribution < 1.29 is 17.9 Å². The van der Waals surface area contributed by atoms with E-state index < -0.39 is 10.0 Å². The minimum Gasteiger partial charge on any atom is -0.486 e. The molecule has 0 saturated carbocycles. The zero-order valence-electron chi connectivity index (χ0n) is 19.2. The van der Waals surface area contributed by atoms with Crippen LogP contribution in [0, 0.1) is 0 Å². The molecule has 0 fully saturated rings. The number of ether oxygens (including phenoxy) is 2. The maximum absolute atomic E-state index is 13.8. The van der Waals surface area contributed by atoms with Crippen LogP contribution in [-0.2, 0) is 29.5 Å². The summed E-state index contributed by atoms with van der Waals surface area (Å²) in [4.78, 5) is 20.0. The summed E-state index contributed by atoms with van der Waals surface area (Å²) < 4.78 is 40.0. The fourth-order valence-corrected chi connectivity index (χ4v) is 5.51. The predicted molar refractivity (Wildman–Crippen MR) is 132 cm³/mol. The van der Waals surface area contributed by atoms with Crippen molar-refractivity contribution >= 4 is 20.9 Å². The van der Waals surface area contributed by atoms with Crippen molar-refractivity contribution in [3.8, 4) is 11.5 Å². The second-order valence-electron chi connectivity index (χ2n) is 8.34. The Bertz CT molecular complexity index is 1530. The van der Waals surface area contributed by atoms with Gasteiger partial charge in [0.1, 0.15) is 13.2 Å². The van der Waals surface area contributed by atoms with E-state index in [2.05, 4.69) is 16.9 Å². The van der Waals surface area contributed by atoms with Crippen molar-refractivity contribution in [3.05, 3.63) is 94.0 Å². The van der Waals surface area contributed by atoms with Crippen molar-refractivity contribution in [1.29, 1.82) is 0 Å². The quantitative estimate of drug-likeness (QED) is 0.424. The molecular weight excluding hydrogens is 466 g/mol. The van der Waals surface area contributed by atoms with E-state index in [0.29, 0.717) is 41.4 Å². The first-order valence-electron chi connectivity index (χ1n) is 11.4. The average molecular weight is 492 g/mol. The van der Waals surface area contributed by atoms with Gasteiger partial charge in [0.05, 0.1) is 4.90 Å². The molecule has 180 valence electrons. The molecule has 0 spiro atoms. The van der Waals surface area contributed by atoms with E-state index >= 15 is 0 Å². The Labute approximate surface area is 203 Å². The highest BCUT2D eigenvalue weighted by molar-refractivity contribution is 7.89. The number of aromatic amines is 1. The molecule has 0 unspecified atom stereocenters. The summed E-state index contributed by atoms with van der Waals surface area (Å²) in [5, 5.41) is 0.858. The average Bonchev–Trinajstić information content (AvgIpc) is 2.88. The Kier molecular flexibility index (Phi) is 6.27. The van der Waals surface area contributed by atoms with Gasteiger partial charge in [0.15, 0.2) is 11.5 Å². The van der Waals surface area contributed by atoms with Crippen LogP contribution >= 0.6 is 0 Å². The highest BCUT2D eigenvalue weighted by Gasteiger charge is 2.28. The van der Waals surface area contributed by atoms with Crippen LogP contribution in [0.15, 0.2) is 76.7 Å². The van der Waals surface area contributed by atoms with Crippen molar-refractivity contribution in [2.24, 2.45) is 0 Å². The minimum atomic E-state index is -4.00. The van der Waals surface area contributed by atoms with Crippen molar-refractivity contribution in [2.75, 3.05) is 13.2 Å². The summed E-state index contributed by atoms with van der Waals surface area (Å²) in [5.41, 5.74) is 2.58. The second kappa shape index (κ2) is 9.52. The molecule has 9 heteroatoms. The lowest BCUT2D eigenvalue weighted by Crippen LogP contribution is -2.32. The molecule has 0 saturated heterocycles. The number of aryl methyl sites for hydroxylation is 1. The maximum atomic E-state index is 13.8. The van der Waals surface area contributed by atoms with E-state index in [1.165, 1.54) is 16.4 Å². The number of hydrogen-bond donors (Lipinski definition) is 1. The summed E-state index contributed by atoms with van der Waals surface area (Å²) in [6, 6.07) is 15.7. The fraction of sp³-hybridized carbons (Fsp3) is 0.231. The number of aromatic nitrogens is 2. The van der Waals surface area contributed by atoms with Gasteiger partial charge in [-0.2, -0.15) is 4.31 Å². The molecule has 35 heavy (non-hydrogen) atoms. The molecular formula is C26H25N3O5S. The summed E-state index contributed by atoms with van der Waals surface area (Å²) >= 11 is 0. The molecule has 0 atom stereocenters. The third kappa shape index (κ3) is 4.78. The summed E-state index contributed by atoms with van der Waals surface area (Å²) in [6.45, 7) is 2.77. The van der Waals surface area contributed by atoms with Gasteiger partial charge in [0, 0.05) is 42.6 Å². The van der Waals surface area contributed by atoms with Gasteiger partial charge in [-0.25, -0.2) is 8.42 Å². The van der Waals surface area contributed by atoms with Crippen LogP contribution in [0.5, 0.6) is 11.5 Å². The highest BCUT2D eigenvalue weighted by Crippen LogP contribution is 2.33. The first-order valence-corrected chi connectivity index (χ1v) is 12.8. The Balaban J connectivity index is 1.56. The molecule has 0 amide bonds. The molecule has 0 radical (unpaired) electrons. The van der Waals surface area contributed by atoms with Crippen LogP contribution in [0.1, 0.15) is 23.6 Å². The number of fused-ring (bicyclic) bond motifs is 2. The molecule has 4 aromatic rings. The van der Waals surface area contributed by atoms with Gasteiger partial charge in [-0.3, -0.25) is 9.78 Å². The van der Waals surface area contributed by atoms with Gasteiger partial charge >= 0.3 is 0 Å². The van der Waals surface area contributed by atoms with Crippen LogP contribution in [0.25, 0.3) is 10.9 Å². The Hall–Kier alpha value is -3.69. The van der Waals surface area contributed by atoms with E-state index in [0.717, 1.165) is 17.4 Å². The fourth-order valence-electron chi connectivity index (χ4n) is 4.08. The third-order valence-corrected chi connectivity index (χ3v) is 7.76. The van der Waals surface area contributed by atoms with E-state index in [9.17, 15) is 13.2 Å². The Morgan fingerprint density at radius 3 is 2.57 bits per heavy atom. The molecule has 2 aromatic heterocycles. The van der Waals surface area contributed by atoms with Crippen LogP contribution < -0.4 is 15.0 Å². The zero-order valence-corrected chi connectivity index (χ0v) is 20.0. The number of benzene rings is 2. The summed E-state index contributed by atoms with van der Waals surface area (Å²) in [7, 11) is -4.00. The largest absolute Gasteiger partial charge is 0.486 e. The maximum Gasteiger partial charge on any atom is 0.252 e. The van der Waals surface area contributed by atoms with Crippen LogP contribution in [0.2, 0.25) is 0 Å². The molecule has 0 aliphatic carbocycles. The SMILES string of the molecule is CCc1ccc2[nH]c(=O)c(CN(Cc3cccnc3)S(=O)(=O)c3ccc4c(c3)OCCO4)cc2c1.